The predicted molar refractivity (Wildman–Crippen MR) is 119 cm³/mol. The number of hydrogen-bond donors (Lipinski definition) is 4. The molecule has 0 aromatic heterocycles. The first-order valence-corrected chi connectivity index (χ1v) is 10.3. The molecule has 0 bridgehead atoms. The second-order valence-electron chi connectivity index (χ2n) is 7.44. The Hall–Kier alpha value is -2.96. The third-order valence-corrected chi connectivity index (χ3v) is 5.09. The van der Waals surface area contributed by atoms with Crippen molar-refractivity contribution in [2.24, 2.45) is 0 Å². The molecule has 0 saturated carbocycles. The van der Waals surface area contributed by atoms with E-state index in [1.165, 1.54) is 0 Å². The number of amides is 2. The average Bonchev–Trinajstić information content (AvgIpc) is 2.77. The fourth-order valence-corrected chi connectivity index (χ4v) is 3.48. The van der Waals surface area contributed by atoms with Gasteiger partial charge in [-0.15, -0.1) is 0 Å². The Balaban J connectivity index is 1.52. The molecule has 3 rings (SSSR count). The molecule has 1 unspecified atom stereocenters. The van der Waals surface area contributed by atoms with Crippen molar-refractivity contribution in [3.63, 3.8) is 0 Å². The molecule has 6 heteroatoms. The van der Waals surface area contributed by atoms with Crippen molar-refractivity contribution in [1.82, 2.24) is 5.32 Å². The molecule has 1 atom stereocenters. The van der Waals surface area contributed by atoms with E-state index in [0.717, 1.165) is 33.7 Å². The maximum absolute atomic E-state index is 12.6. The van der Waals surface area contributed by atoms with E-state index in [1.807, 2.05) is 48.5 Å². The molecule has 30 heavy (non-hydrogen) atoms. The normalized spacial score (nSPS) is 12.1. The van der Waals surface area contributed by atoms with E-state index in [9.17, 15) is 14.7 Å². The maximum Gasteiger partial charge on any atom is 0.224 e. The lowest BCUT2D eigenvalue weighted by atomic mass is 10.0. The number of carbonyl (C=O) groups is 2. The number of aliphatic hydroxyl groups is 2. The first kappa shape index (κ1) is 21.7. The fourth-order valence-electron chi connectivity index (χ4n) is 3.48. The van der Waals surface area contributed by atoms with Crippen LogP contribution in [0.3, 0.4) is 0 Å². The molecule has 3 aromatic rings. The Morgan fingerprint density at radius 2 is 1.40 bits per heavy atom. The monoisotopic (exact) mass is 408 g/mol. The highest BCUT2D eigenvalue weighted by Crippen LogP contribution is 2.32. The molecule has 0 fully saturated rings. The molecule has 2 amide bonds. The van der Waals surface area contributed by atoms with Gasteiger partial charge in [0.05, 0.1) is 18.4 Å². The Kier molecular flexibility index (Phi) is 7.76. The zero-order valence-electron chi connectivity index (χ0n) is 16.9. The Morgan fingerprint density at radius 3 is 2.00 bits per heavy atom. The van der Waals surface area contributed by atoms with Crippen molar-refractivity contribution in [2.75, 3.05) is 18.5 Å². The lowest BCUT2D eigenvalue weighted by Crippen LogP contribution is -2.33. The number of benzene rings is 3. The van der Waals surface area contributed by atoms with Crippen LogP contribution in [0.1, 0.15) is 32.1 Å². The molecule has 0 aliphatic heterocycles. The van der Waals surface area contributed by atoms with Gasteiger partial charge in [0.2, 0.25) is 11.8 Å². The summed E-state index contributed by atoms with van der Waals surface area (Å²) in [6.07, 6.45) is 1.94. The number of unbranched alkanes of at least 4 members (excludes halogenated alkanes) is 2. The lowest BCUT2D eigenvalue weighted by Gasteiger charge is -2.13. The summed E-state index contributed by atoms with van der Waals surface area (Å²) in [5.74, 6) is -0.193. The summed E-state index contributed by atoms with van der Waals surface area (Å²) in [5, 5.41) is 27.8. The van der Waals surface area contributed by atoms with Gasteiger partial charge in [0, 0.05) is 30.2 Å². The molecule has 0 aliphatic rings. The van der Waals surface area contributed by atoms with Crippen LogP contribution in [0.5, 0.6) is 0 Å². The van der Waals surface area contributed by atoms with Crippen molar-refractivity contribution >= 4 is 39.0 Å². The number of anilines is 1. The van der Waals surface area contributed by atoms with Gasteiger partial charge in [-0.2, -0.15) is 0 Å². The summed E-state index contributed by atoms with van der Waals surface area (Å²) in [6, 6.07) is 18.2. The quantitative estimate of drug-likeness (QED) is 0.305. The maximum atomic E-state index is 12.6. The largest absolute Gasteiger partial charge is 0.394 e. The van der Waals surface area contributed by atoms with Crippen LogP contribution in [0.4, 0.5) is 5.69 Å². The Morgan fingerprint density at radius 1 is 0.833 bits per heavy atom. The summed E-state index contributed by atoms with van der Waals surface area (Å²) < 4.78 is 0. The number of fused-ring (bicyclic) bond motifs is 2. The molecule has 3 aromatic carbocycles. The molecule has 158 valence electrons. The smallest absolute Gasteiger partial charge is 0.224 e. The molecule has 0 saturated heterocycles. The summed E-state index contributed by atoms with van der Waals surface area (Å²) in [7, 11) is 0. The molecular weight excluding hydrogens is 380 g/mol. The minimum Gasteiger partial charge on any atom is -0.394 e. The Bertz CT molecular complexity index is 964. The second-order valence-corrected chi connectivity index (χ2v) is 7.44. The van der Waals surface area contributed by atoms with Crippen LogP contribution in [0.15, 0.2) is 54.6 Å². The van der Waals surface area contributed by atoms with Gasteiger partial charge in [-0.3, -0.25) is 9.59 Å². The number of aliphatic hydroxyl groups excluding tert-OH is 2. The number of nitrogens with one attached hydrogen (secondary N) is 2. The van der Waals surface area contributed by atoms with Gasteiger partial charge in [0.15, 0.2) is 0 Å². The van der Waals surface area contributed by atoms with E-state index in [1.54, 1.807) is 0 Å². The first-order valence-electron chi connectivity index (χ1n) is 10.3. The van der Waals surface area contributed by atoms with Crippen LogP contribution in [-0.2, 0) is 9.59 Å². The highest BCUT2D eigenvalue weighted by atomic mass is 16.3. The average molecular weight is 408 g/mol. The van der Waals surface area contributed by atoms with E-state index < -0.39 is 6.10 Å². The van der Waals surface area contributed by atoms with Crippen molar-refractivity contribution in [1.29, 1.82) is 0 Å². The number of rotatable bonds is 10. The topological polar surface area (TPSA) is 98.7 Å². The van der Waals surface area contributed by atoms with E-state index in [4.69, 9.17) is 5.11 Å². The summed E-state index contributed by atoms with van der Waals surface area (Å²) in [4.78, 5) is 24.2. The zero-order valence-corrected chi connectivity index (χ0v) is 16.9. The van der Waals surface area contributed by atoms with Crippen LogP contribution in [0.25, 0.3) is 21.5 Å². The zero-order chi connectivity index (χ0) is 21.3. The fraction of sp³-hybridized carbons (Fsp3) is 0.333. The van der Waals surface area contributed by atoms with Crippen LogP contribution < -0.4 is 10.6 Å². The van der Waals surface area contributed by atoms with E-state index >= 15 is 0 Å². The van der Waals surface area contributed by atoms with E-state index in [0.29, 0.717) is 25.7 Å². The third kappa shape index (κ3) is 5.78. The van der Waals surface area contributed by atoms with Crippen LogP contribution in [0.2, 0.25) is 0 Å². The number of hydrogen-bond acceptors (Lipinski definition) is 4. The third-order valence-electron chi connectivity index (χ3n) is 5.09. The van der Waals surface area contributed by atoms with Gasteiger partial charge >= 0.3 is 0 Å². The molecule has 4 N–H and O–H groups in total. The van der Waals surface area contributed by atoms with Gasteiger partial charge in [0.1, 0.15) is 0 Å². The summed E-state index contributed by atoms with van der Waals surface area (Å²) in [5.41, 5.74) is 0.843. The standard InChI is InChI=1S/C24H28N2O4/c27-16-19(28)15-25-22(29)12-2-1-3-13-23(30)26-24-20-10-6-4-8-17(20)14-18-9-5-7-11-21(18)24/h4-11,14,19,27-28H,1-3,12-13,15-16H2,(H,25,29)(H,26,30). The molecular formula is C24H28N2O4. The number of carbonyl (C=O) groups excluding carboxylic acids is 2. The van der Waals surface area contributed by atoms with Crippen LogP contribution in [0, 0.1) is 0 Å². The van der Waals surface area contributed by atoms with Gasteiger partial charge in [-0.25, -0.2) is 0 Å². The minimum atomic E-state index is -0.928. The van der Waals surface area contributed by atoms with Gasteiger partial charge in [0.25, 0.3) is 0 Å². The lowest BCUT2D eigenvalue weighted by molar-refractivity contribution is -0.121. The molecule has 0 radical (unpaired) electrons. The van der Waals surface area contributed by atoms with Crippen molar-refractivity contribution in [3.05, 3.63) is 54.6 Å². The summed E-state index contributed by atoms with van der Waals surface area (Å²) >= 11 is 0. The highest BCUT2D eigenvalue weighted by Gasteiger charge is 2.11. The van der Waals surface area contributed by atoms with E-state index in [2.05, 4.69) is 16.7 Å². The molecule has 0 aliphatic carbocycles. The van der Waals surface area contributed by atoms with Gasteiger partial charge in [-0.1, -0.05) is 55.0 Å². The highest BCUT2D eigenvalue weighted by molar-refractivity contribution is 6.15. The van der Waals surface area contributed by atoms with E-state index in [-0.39, 0.29) is 25.0 Å². The van der Waals surface area contributed by atoms with Gasteiger partial charge in [-0.05, 0) is 29.7 Å². The van der Waals surface area contributed by atoms with Crippen LogP contribution in [-0.4, -0.2) is 41.3 Å². The SMILES string of the molecule is O=C(CCCCCC(=O)Nc1c2ccccc2cc2ccccc12)NCC(O)CO. The van der Waals surface area contributed by atoms with Crippen molar-refractivity contribution in [3.8, 4) is 0 Å². The Labute approximate surface area is 175 Å². The van der Waals surface area contributed by atoms with Crippen LogP contribution >= 0.6 is 0 Å². The molecule has 0 heterocycles. The molecule has 6 nitrogen and oxygen atoms in total. The second kappa shape index (κ2) is 10.7. The predicted octanol–water partition coefficient (Wildman–Crippen LogP) is 3.35. The van der Waals surface area contributed by atoms with Crippen molar-refractivity contribution < 1.29 is 19.8 Å². The first-order chi connectivity index (χ1) is 14.6. The molecule has 0 spiro atoms. The van der Waals surface area contributed by atoms with Gasteiger partial charge < -0.3 is 20.8 Å². The summed E-state index contributed by atoms with van der Waals surface area (Å²) in [6.45, 7) is -0.321. The van der Waals surface area contributed by atoms with Crippen molar-refractivity contribution in [2.45, 2.75) is 38.2 Å². The minimum absolute atomic E-state index is 0.0352.